The Morgan fingerprint density at radius 3 is 2.94 bits per heavy atom. The highest BCUT2D eigenvalue weighted by atomic mass is 16.4. The van der Waals surface area contributed by atoms with Crippen LogP contribution in [0.3, 0.4) is 0 Å². The van der Waals surface area contributed by atoms with Crippen molar-refractivity contribution < 1.29 is 9.90 Å². The second kappa shape index (κ2) is 4.96. The standard InChI is InChI=1S/C10H14N6O2/c1-2-15-4-3-12-8(15)6-16-7(5-11)9(10(17)18)13-14-16/h3-4H,2,5-6,11H2,1H3,(H,17,18). The van der Waals surface area contributed by atoms with Gasteiger partial charge in [0.2, 0.25) is 0 Å². The summed E-state index contributed by atoms with van der Waals surface area (Å²) >= 11 is 0. The van der Waals surface area contributed by atoms with Gasteiger partial charge in [-0.05, 0) is 6.92 Å². The molecule has 0 fully saturated rings. The summed E-state index contributed by atoms with van der Waals surface area (Å²) in [6.45, 7) is 3.21. The highest BCUT2D eigenvalue weighted by Gasteiger charge is 2.18. The van der Waals surface area contributed by atoms with Crippen LogP contribution < -0.4 is 5.73 Å². The third kappa shape index (κ3) is 2.09. The molecule has 0 aliphatic carbocycles. The minimum atomic E-state index is -1.12. The lowest BCUT2D eigenvalue weighted by atomic mass is 10.3. The van der Waals surface area contributed by atoms with Gasteiger partial charge in [-0.2, -0.15) is 0 Å². The van der Waals surface area contributed by atoms with Gasteiger partial charge in [-0.3, -0.25) is 0 Å². The van der Waals surface area contributed by atoms with E-state index in [1.807, 2.05) is 17.7 Å². The van der Waals surface area contributed by atoms with Gasteiger partial charge in [-0.25, -0.2) is 14.5 Å². The van der Waals surface area contributed by atoms with E-state index in [4.69, 9.17) is 10.8 Å². The number of hydrogen-bond acceptors (Lipinski definition) is 5. The van der Waals surface area contributed by atoms with Crippen molar-refractivity contribution in [2.45, 2.75) is 26.6 Å². The second-order valence-electron chi connectivity index (χ2n) is 3.68. The first-order chi connectivity index (χ1) is 8.67. The van der Waals surface area contributed by atoms with Crippen LogP contribution in [0.2, 0.25) is 0 Å². The molecule has 3 N–H and O–H groups in total. The van der Waals surface area contributed by atoms with Gasteiger partial charge in [0.25, 0.3) is 0 Å². The quantitative estimate of drug-likeness (QED) is 0.753. The van der Waals surface area contributed by atoms with Crippen LogP contribution in [0, 0.1) is 0 Å². The van der Waals surface area contributed by atoms with Crippen LogP contribution in [0.5, 0.6) is 0 Å². The fraction of sp³-hybridized carbons (Fsp3) is 0.400. The molecule has 2 rings (SSSR count). The summed E-state index contributed by atoms with van der Waals surface area (Å²) in [7, 11) is 0. The highest BCUT2D eigenvalue weighted by molar-refractivity contribution is 5.86. The van der Waals surface area contributed by atoms with Crippen molar-refractivity contribution in [3.8, 4) is 0 Å². The number of carboxylic acid groups (broad SMARTS) is 1. The molecule has 2 heterocycles. The topological polar surface area (TPSA) is 112 Å². The van der Waals surface area contributed by atoms with E-state index in [1.54, 1.807) is 6.20 Å². The van der Waals surface area contributed by atoms with Gasteiger partial charge in [0, 0.05) is 25.5 Å². The van der Waals surface area contributed by atoms with Crippen LogP contribution in [0.4, 0.5) is 0 Å². The van der Waals surface area contributed by atoms with Gasteiger partial charge in [0.05, 0.1) is 5.69 Å². The first kappa shape index (κ1) is 12.2. The molecule has 0 aliphatic rings. The zero-order chi connectivity index (χ0) is 13.1. The van der Waals surface area contributed by atoms with E-state index in [9.17, 15) is 4.79 Å². The van der Waals surface area contributed by atoms with E-state index in [0.717, 1.165) is 12.4 Å². The lowest BCUT2D eigenvalue weighted by Gasteiger charge is -2.06. The summed E-state index contributed by atoms with van der Waals surface area (Å²) in [5.74, 6) is -0.338. The molecule has 0 aliphatic heterocycles. The molecule has 0 saturated heterocycles. The number of nitrogens with two attached hydrogens (primary N) is 1. The van der Waals surface area contributed by atoms with Crippen molar-refractivity contribution in [3.63, 3.8) is 0 Å². The molecule has 96 valence electrons. The lowest BCUT2D eigenvalue weighted by Crippen LogP contribution is -2.15. The first-order valence-electron chi connectivity index (χ1n) is 5.53. The molecule has 2 aromatic rings. The minimum Gasteiger partial charge on any atom is -0.476 e. The van der Waals surface area contributed by atoms with E-state index >= 15 is 0 Å². The van der Waals surface area contributed by atoms with Gasteiger partial charge >= 0.3 is 5.97 Å². The van der Waals surface area contributed by atoms with Crippen molar-refractivity contribution in [1.29, 1.82) is 0 Å². The van der Waals surface area contributed by atoms with Crippen LogP contribution >= 0.6 is 0 Å². The Kier molecular flexibility index (Phi) is 3.38. The summed E-state index contributed by atoms with van der Waals surface area (Å²) in [4.78, 5) is 15.1. The summed E-state index contributed by atoms with van der Waals surface area (Å²) in [6, 6.07) is 0. The maximum atomic E-state index is 10.9. The molecule has 0 saturated carbocycles. The molecule has 8 nitrogen and oxygen atoms in total. The molecule has 0 unspecified atom stereocenters. The van der Waals surface area contributed by atoms with Crippen LogP contribution in [0.1, 0.15) is 28.9 Å². The molecule has 0 radical (unpaired) electrons. The van der Waals surface area contributed by atoms with E-state index in [0.29, 0.717) is 12.2 Å². The second-order valence-corrected chi connectivity index (χ2v) is 3.68. The normalized spacial score (nSPS) is 10.8. The van der Waals surface area contributed by atoms with Crippen LogP contribution in [0.25, 0.3) is 0 Å². The average molecular weight is 250 g/mol. The predicted molar refractivity (Wildman–Crippen MR) is 61.9 cm³/mol. The number of nitrogens with zero attached hydrogens (tertiary/aromatic N) is 5. The summed E-state index contributed by atoms with van der Waals surface area (Å²) in [5.41, 5.74) is 5.83. The Bertz CT molecular complexity index is 558. The molecule has 18 heavy (non-hydrogen) atoms. The molecule has 0 spiro atoms. The van der Waals surface area contributed by atoms with E-state index in [1.165, 1.54) is 4.68 Å². The maximum absolute atomic E-state index is 10.9. The van der Waals surface area contributed by atoms with Gasteiger partial charge in [-0.15, -0.1) is 5.10 Å². The monoisotopic (exact) mass is 250 g/mol. The summed E-state index contributed by atoms with van der Waals surface area (Å²) in [5, 5.41) is 16.4. The number of carbonyl (C=O) groups is 1. The Hall–Kier alpha value is -2.22. The van der Waals surface area contributed by atoms with Crippen molar-refractivity contribution in [3.05, 3.63) is 29.6 Å². The number of aromatic carboxylic acids is 1. The number of aryl methyl sites for hydroxylation is 1. The summed E-state index contributed by atoms with van der Waals surface area (Å²) < 4.78 is 3.42. The number of imidazole rings is 1. The Labute approximate surface area is 103 Å². The van der Waals surface area contributed by atoms with E-state index < -0.39 is 5.97 Å². The number of aromatic nitrogens is 5. The number of carboxylic acids is 1. The zero-order valence-electron chi connectivity index (χ0n) is 9.94. The van der Waals surface area contributed by atoms with Crippen molar-refractivity contribution in [2.75, 3.05) is 0 Å². The third-order valence-electron chi connectivity index (χ3n) is 2.67. The van der Waals surface area contributed by atoms with E-state index in [-0.39, 0.29) is 12.2 Å². The predicted octanol–water partition coefficient (Wildman–Crippen LogP) is -0.300. The molecule has 0 atom stereocenters. The largest absolute Gasteiger partial charge is 0.476 e. The Balaban J connectivity index is 2.32. The minimum absolute atomic E-state index is 0.0709. The van der Waals surface area contributed by atoms with Crippen molar-refractivity contribution >= 4 is 5.97 Å². The smallest absolute Gasteiger partial charge is 0.358 e. The van der Waals surface area contributed by atoms with Crippen LogP contribution in [-0.2, 0) is 19.6 Å². The van der Waals surface area contributed by atoms with E-state index in [2.05, 4.69) is 15.3 Å². The lowest BCUT2D eigenvalue weighted by molar-refractivity contribution is 0.0689. The molecule has 2 aromatic heterocycles. The van der Waals surface area contributed by atoms with Gasteiger partial charge in [-0.1, -0.05) is 5.21 Å². The van der Waals surface area contributed by atoms with Crippen LogP contribution in [-0.4, -0.2) is 35.6 Å². The molecular weight excluding hydrogens is 236 g/mol. The summed E-state index contributed by atoms with van der Waals surface area (Å²) in [6.07, 6.45) is 3.54. The fourth-order valence-corrected chi connectivity index (χ4v) is 1.74. The highest BCUT2D eigenvalue weighted by Crippen LogP contribution is 2.08. The Morgan fingerprint density at radius 1 is 1.56 bits per heavy atom. The molecule has 8 heteroatoms. The molecular formula is C10H14N6O2. The first-order valence-corrected chi connectivity index (χ1v) is 5.53. The van der Waals surface area contributed by atoms with Gasteiger partial charge in [0.1, 0.15) is 12.4 Å². The van der Waals surface area contributed by atoms with Gasteiger partial charge in [0.15, 0.2) is 5.69 Å². The van der Waals surface area contributed by atoms with Crippen molar-refractivity contribution in [2.24, 2.45) is 5.73 Å². The fourth-order valence-electron chi connectivity index (χ4n) is 1.74. The molecule has 0 amide bonds. The van der Waals surface area contributed by atoms with Gasteiger partial charge < -0.3 is 15.4 Å². The third-order valence-corrected chi connectivity index (χ3v) is 2.67. The number of rotatable bonds is 5. The number of hydrogen-bond donors (Lipinski definition) is 2. The Morgan fingerprint density at radius 2 is 2.33 bits per heavy atom. The zero-order valence-corrected chi connectivity index (χ0v) is 9.94. The average Bonchev–Trinajstić information content (AvgIpc) is 2.95. The SMILES string of the molecule is CCn1ccnc1Cn1nnc(C(=O)O)c1CN. The van der Waals surface area contributed by atoms with Crippen LogP contribution in [0.15, 0.2) is 12.4 Å². The molecule has 0 aromatic carbocycles. The maximum Gasteiger partial charge on any atom is 0.358 e. The molecule has 0 bridgehead atoms. The van der Waals surface area contributed by atoms with Crippen molar-refractivity contribution in [1.82, 2.24) is 24.5 Å².